The van der Waals surface area contributed by atoms with Crippen LogP contribution < -0.4 is 0 Å². The standard InChI is InChI=1S/C8H15N/c1-8-5-3-4-7(6-8)9(8)2/h7H,3-6H2,1-2H3/t7-,8?/m0/s1. The first kappa shape index (κ1) is 5.72. The maximum atomic E-state index is 2.55. The van der Waals surface area contributed by atoms with Crippen LogP contribution in [-0.2, 0) is 0 Å². The van der Waals surface area contributed by atoms with Gasteiger partial charge < -0.3 is 0 Å². The molecule has 2 aliphatic heterocycles. The number of fused-ring (bicyclic) bond motifs is 2. The summed E-state index contributed by atoms with van der Waals surface area (Å²) >= 11 is 0. The van der Waals surface area contributed by atoms with Crippen molar-refractivity contribution in [3.63, 3.8) is 0 Å². The van der Waals surface area contributed by atoms with Crippen LogP contribution in [0.2, 0.25) is 0 Å². The van der Waals surface area contributed by atoms with Gasteiger partial charge in [0.15, 0.2) is 0 Å². The van der Waals surface area contributed by atoms with Gasteiger partial charge in [-0.1, -0.05) is 6.42 Å². The molecule has 2 saturated heterocycles. The van der Waals surface area contributed by atoms with Crippen molar-refractivity contribution in [3.05, 3.63) is 0 Å². The highest BCUT2D eigenvalue weighted by atomic mass is 15.3. The quantitative estimate of drug-likeness (QED) is 0.475. The second kappa shape index (κ2) is 1.51. The first-order valence-electron chi connectivity index (χ1n) is 3.95. The summed E-state index contributed by atoms with van der Waals surface area (Å²) in [5, 5.41) is 0. The molecular weight excluding hydrogens is 110 g/mol. The SMILES string of the molecule is CN1[C@H]2CCCC1(C)C2. The average Bonchev–Trinajstić information content (AvgIpc) is 1.88. The second-order valence-corrected chi connectivity index (χ2v) is 3.86. The monoisotopic (exact) mass is 125 g/mol. The average molecular weight is 125 g/mol. The van der Waals surface area contributed by atoms with E-state index in [-0.39, 0.29) is 0 Å². The minimum atomic E-state index is 0.614. The van der Waals surface area contributed by atoms with E-state index in [9.17, 15) is 0 Å². The van der Waals surface area contributed by atoms with Crippen LogP contribution in [0.3, 0.4) is 0 Å². The Hall–Kier alpha value is -0.0400. The summed E-state index contributed by atoms with van der Waals surface area (Å²) in [6.07, 6.45) is 5.81. The molecule has 0 N–H and O–H groups in total. The van der Waals surface area contributed by atoms with E-state index in [4.69, 9.17) is 0 Å². The van der Waals surface area contributed by atoms with E-state index in [0.29, 0.717) is 5.54 Å². The number of hydrogen-bond donors (Lipinski definition) is 0. The molecule has 0 aromatic rings. The Balaban J connectivity index is 2.13. The van der Waals surface area contributed by atoms with Crippen molar-refractivity contribution in [2.45, 2.75) is 44.2 Å². The van der Waals surface area contributed by atoms with Crippen LogP contribution in [0, 0.1) is 0 Å². The van der Waals surface area contributed by atoms with Crippen LogP contribution in [0.15, 0.2) is 0 Å². The largest absolute Gasteiger partial charge is 0.298 e. The van der Waals surface area contributed by atoms with Gasteiger partial charge >= 0.3 is 0 Å². The number of nitrogens with zero attached hydrogens (tertiary/aromatic N) is 1. The zero-order valence-electron chi connectivity index (χ0n) is 6.35. The Labute approximate surface area is 57.0 Å². The normalized spacial score (nSPS) is 50.7. The fourth-order valence-electron chi connectivity index (χ4n) is 2.41. The van der Waals surface area contributed by atoms with Crippen molar-refractivity contribution in [1.82, 2.24) is 4.90 Å². The van der Waals surface area contributed by atoms with Gasteiger partial charge in [0.2, 0.25) is 0 Å². The molecule has 52 valence electrons. The van der Waals surface area contributed by atoms with Gasteiger partial charge in [0.25, 0.3) is 0 Å². The number of piperidine rings is 1. The summed E-state index contributed by atoms with van der Waals surface area (Å²) in [4.78, 5) is 2.55. The van der Waals surface area contributed by atoms with E-state index >= 15 is 0 Å². The second-order valence-electron chi connectivity index (χ2n) is 3.86. The number of rotatable bonds is 0. The van der Waals surface area contributed by atoms with Crippen LogP contribution in [0.25, 0.3) is 0 Å². The maximum Gasteiger partial charge on any atom is 0.0196 e. The van der Waals surface area contributed by atoms with Gasteiger partial charge in [0, 0.05) is 11.6 Å². The third-order valence-electron chi connectivity index (χ3n) is 3.33. The minimum Gasteiger partial charge on any atom is -0.298 e. The minimum absolute atomic E-state index is 0.614. The lowest BCUT2D eigenvalue weighted by Crippen LogP contribution is -2.64. The Bertz CT molecular complexity index is 129. The topological polar surface area (TPSA) is 3.24 Å². The lowest BCUT2D eigenvalue weighted by molar-refractivity contribution is -0.0798. The Morgan fingerprint density at radius 1 is 1.56 bits per heavy atom. The first-order valence-corrected chi connectivity index (χ1v) is 3.95. The van der Waals surface area contributed by atoms with Crippen LogP contribution in [0.1, 0.15) is 32.6 Å². The van der Waals surface area contributed by atoms with Crippen LogP contribution in [0.4, 0.5) is 0 Å². The summed E-state index contributed by atoms with van der Waals surface area (Å²) in [5.74, 6) is 0. The molecule has 3 aliphatic rings. The van der Waals surface area contributed by atoms with E-state index < -0.39 is 0 Å². The van der Waals surface area contributed by atoms with Crippen LogP contribution >= 0.6 is 0 Å². The smallest absolute Gasteiger partial charge is 0.0196 e. The molecule has 1 heteroatoms. The lowest BCUT2D eigenvalue weighted by atomic mass is 9.70. The van der Waals surface area contributed by atoms with E-state index in [1.165, 1.54) is 25.7 Å². The molecule has 2 bridgehead atoms. The summed E-state index contributed by atoms with van der Waals surface area (Å²) in [6.45, 7) is 2.39. The van der Waals surface area contributed by atoms with Gasteiger partial charge in [-0.3, -0.25) is 4.90 Å². The zero-order valence-corrected chi connectivity index (χ0v) is 6.35. The molecule has 0 aromatic carbocycles. The highest BCUT2D eigenvalue weighted by molar-refractivity contribution is 5.04. The van der Waals surface area contributed by atoms with Crippen LogP contribution in [0.5, 0.6) is 0 Å². The molecule has 0 radical (unpaired) electrons. The van der Waals surface area contributed by atoms with E-state index in [0.717, 1.165) is 6.04 Å². The number of hydrogen-bond acceptors (Lipinski definition) is 1. The van der Waals surface area contributed by atoms with Crippen molar-refractivity contribution in [3.8, 4) is 0 Å². The molecule has 1 aliphatic carbocycles. The van der Waals surface area contributed by atoms with Crippen molar-refractivity contribution >= 4 is 0 Å². The molecule has 9 heavy (non-hydrogen) atoms. The van der Waals surface area contributed by atoms with Crippen molar-refractivity contribution in [2.75, 3.05) is 7.05 Å². The Morgan fingerprint density at radius 2 is 2.33 bits per heavy atom. The van der Waals surface area contributed by atoms with Gasteiger partial charge in [0.1, 0.15) is 0 Å². The molecule has 0 amide bonds. The van der Waals surface area contributed by atoms with Gasteiger partial charge in [-0.15, -0.1) is 0 Å². The van der Waals surface area contributed by atoms with Crippen molar-refractivity contribution in [2.24, 2.45) is 0 Å². The Kier molecular flexibility index (Phi) is 0.963. The summed E-state index contributed by atoms with van der Waals surface area (Å²) < 4.78 is 0. The zero-order chi connectivity index (χ0) is 6.48. The predicted octanol–water partition coefficient (Wildman–Crippen LogP) is 1.63. The van der Waals surface area contributed by atoms with Gasteiger partial charge in [-0.05, 0) is 33.2 Å². The molecule has 3 rings (SSSR count). The predicted molar refractivity (Wildman–Crippen MR) is 38.4 cm³/mol. The maximum absolute atomic E-state index is 2.55. The van der Waals surface area contributed by atoms with E-state index in [1.807, 2.05) is 0 Å². The summed E-state index contributed by atoms with van der Waals surface area (Å²) in [5.41, 5.74) is 0.614. The highest BCUT2D eigenvalue weighted by Crippen LogP contribution is 2.45. The highest BCUT2D eigenvalue weighted by Gasteiger charge is 2.47. The van der Waals surface area contributed by atoms with Crippen LogP contribution in [-0.4, -0.2) is 23.5 Å². The third-order valence-corrected chi connectivity index (χ3v) is 3.33. The molecule has 0 aromatic heterocycles. The van der Waals surface area contributed by atoms with Gasteiger partial charge in [-0.2, -0.15) is 0 Å². The fourth-order valence-corrected chi connectivity index (χ4v) is 2.41. The molecular formula is C8H15N. The molecule has 0 spiro atoms. The van der Waals surface area contributed by atoms with Crippen molar-refractivity contribution < 1.29 is 0 Å². The Morgan fingerprint density at radius 3 is 2.67 bits per heavy atom. The molecule has 2 atom stereocenters. The van der Waals surface area contributed by atoms with Gasteiger partial charge in [-0.25, -0.2) is 0 Å². The molecule has 2 heterocycles. The van der Waals surface area contributed by atoms with Gasteiger partial charge in [0.05, 0.1) is 0 Å². The van der Waals surface area contributed by atoms with E-state index in [2.05, 4.69) is 18.9 Å². The molecule has 1 unspecified atom stereocenters. The van der Waals surface area contributed by atoms with E-state index in [1.54, 1.807) is 0 Å². The molecule has 3 fully saturated rings. The van der Waals surface area contributed by atoms with Crippen molar-refractivity contribution in [1.29, 1.82) is 0 Å². The molecule has 1 saturated carbocycles. The fraction of sp³-hybridized carbons (Fsp3) is 1.00. The third kappa shape index (κ3) is 0.586. The first-order chi connectivity index (χ1) is 4.22. The molecule has 1 nitrogen and oxygen atoms in total. The summed E-state index contributed by atoms with van der Waals surface area (Å²) in [7, 11) is 2.27. The summed E-state index contributed by atoms with van der Waals surface area (Å²) in [6, 6.07) is 0.948. The lowest BCUT2D eigenvalue weighted by Gasteiger charge is -2.59.